The van der Waals surface area contributed by atoms with Crippen LogP contribution in [0.1, 0.15) is 134 Å². The van der Waals surface area contributed by atoms with Crippen molar-refractivity contribution >= 4 is 55.5 Å². The summed E-state index contributed by atoms with van der Waals surface area (Å²) in [5.74, 6) is -1.63. The molecule has 0 saturated carbocycles. The van der Waals surface area contributed by atoms with Crippen molar-refractivity contribution in [3.05, 3.63) is 105 Å². The zero-order chi connectivity index (χ0) is 42.6. The van der Waals surface area contributed by atoms with Crippen LogP contribution in [-0.4, -0.2) is 54.8 Å². The summed E-state index contributed by atoms with van der Waals surface area (Å²) in [5, 5.41) is 13.8. The smallest absolute Gasteiger partial charge is 0.272 e. The zero-order valence-corrected chi connectivity index (χ0v) is 38.4. The third-order valence-electron chi connectivity index (χ3n) is 10.9. The zero-order valence-electron chi connectivity index (χ0n) is 35.2. The van der Waals surface area contributed by atoms with Crippen LogP contribution in [0.4, 0.5) is 0 Å². The number of fused-ring (bicyclic) bond motifs is 4. The molecule has 14 heteroatoms. The Labute approximate surface area is 359 Å². The van der Waals surface area contributed by atoms with Crippen LogP contribution in [0.5, 0.6) is 0 Å². The lowest BCUT2D eigenvalue weighted by molar-refractivity contribution is -0.125. The molecule has 0 aliphatic carbocycles. The summed E-state index contributed by atoms with van der Waals surface area (Å²) in [6, 6.07) is 13.1. The molecule has 4 amide bonds. The Balaban J connectivity index is 1.68. The Kier molecular flexibility index (Phi) is 14.8. The van der Waals surface area contributed by atoms with Gasteiger partial charge in [0.2, 0.25) is 11.8 Å². The van der Waals surface area contributed by atoms with E-state index in [9.17, 15) is 19.2 Å². The van der Waals surface area contributed by atoms with Crippen molar-refractivity contribution in [3.63, 3.8) is 0 Å². The molecule has 5 rings (SSSR count). The Hall–Kier alpha value is -4.30. The second-order valence-electron chi connectivity index (χ2n) is 16.7. The molecule has 12 nitrogen and oxygen atoms in total. The molecule has 0 saturated heterocycles. The Morgan fingerprint density at radius 2 is 0.862 bits per heavy atom. The lowest BCUT2D eigenvalue weighted by Gasteiger charge is -2.28. The fourth-order valence-electron chi connectivity index (χ4n) is 7.44. The molecular formula is C44H58Br2N8O4. The molecule has 1 aliphatic heterocycles. The average Bonchev–Trinajstić information content (AvgIpc) is 3.67. The molecule has 4 aromatic rings. The van der Waals surface area contributed by atoms with Gasteiger partial charge in [0.05, 0.1) is 12.1 Å². The van der Waals surface area contributed by atoms with Crippen LogP contribution in [-0.2, 0) is 33.3 Å². The molecule has 2 aromatic heterocycles. The van der Waals surface area contributed by atoms with Gasteiger partial charge < -0.3 is 30.4 Å². The highest BCUT2D eigenvalue weighted by atomic mass is 79.9. The molecular weight excluding hydrogens is 864 g/mol. The molecule has 0 fully saturated rings. The molecule has 0 spiro atoms. The second kappa shape index (κ2) is 19.2. The number of hydrogen-bond acceptors (Lipinski definition) is 6. The second-order valence-corrected chi connectivity index (χ2v) is 17.9. The number of carbonyl (C=O) groups is 4. The summed E-state index contributed by atoms with van der Waals surface area (Å²) < 4.78 is 3.93. The molecule has 1 aliphatic rings. The van der Waals surface area contributed by atoms with E-state index in [1.165, 1.54) is 0 Å². The van der Waals surface area contributed by atoms with Crippen molar-refractivity contribution in [1.82, 2.24) is 40.4 Å². The van der Waals surface area contributed by atoms with E-state index in [2.05, 4.69) is 65.3 Å². The first-order chi connectivity index (χ1) is 27.4. The van der Waals surface area contributed by atoms with E-state index in [0.717, 1.165) is 22.3 Å². The summed E-state index contributed by atoms with van der Waals surface area (Å²) in [7, 11) is 0. The van der Waals surface area contributed by atoms with Gasteiger partial charge in [-0.05, 0) is 59.8 Å². The molecule has 3 heterocycles. The maximum absolute atomic E-state index is 14.4. The first-order valence-corrected chi connectivity index (χ1v) is 22.3. The summed E-state index contributed by atoms with van der Waals surface area (Å²) in [6.45, 7) is 19.9. The van der Waals surface area contributed by atoms with Gasteiger partial charge in [0, 0.05) is 35.1 Å². The Morgan fingerprint density at radius 3 is 1.17 bits per heavy atom. The predicted molar refractivity (Wildman–Crippen MR) is 234 cm³/mol. The van der Waals surface area contributed by atoms with Crippen molar-refractivity contribution in [2.75, 3.05) is 0 Å². The van der Waals surface area contributed by atoms with Crippen molar-refractivity contribution in [2.24, 2.45) is 23.7 Å². The number of nitrogens with zero attached hydrogens (tertiary/aromatic N) is 4. The van der Waals surface area contributed by atoms with E-state index >= 15 is 0 Å². The minimum atomic E-state index is -0.925. The fourth-order valence-corrected chi connectivity index (χ4v) is 8.13. The number of rotatable bonds is 10. The van der Waals surface area contributed by atoms with Gasteiger partial charge in [-0.15, -0.1) is 0 Å². The number of nitrogens with one attached hydrogen (secondary N) is 4. The van der Waals surface area contributed by atoms with Crippen LogP contribution in [0.2, 0.25) is 0 Å². The van der Waals surface area contributed by atoms with Crippen molar-refractivity contribution in [2.45, 2.75) is 117 Å². The van der Waals surface area contributed by atoms with Crippen LogP contribution in [0.25, 0.3) is 0 Å². The number of hydrogen-bond donors (Lipinski definition) is 4. The number of carbonyl (C=O) groups excluding carboxylic acids is 4. The van der Waals surface area contributed by atoms with E-state index in [4.69, 9.17) is 9.97 Å². The minimum Gasteiger partial charge on any atom is -0.344 e. The monoisotopic (exact) mass is 920 g/mol. The molecule has 4 bridgehead atoms. The average molecular weight is 923 g/mol. The highest BCUT2D eigenvalue weighted by Gasteiger charge is 2.37. The number of imidazole rings is 2. The summed E-state index contributed by atoms with van der Waals surface area (Å²) in [6.07, 6.45) is 0. The van der Waals surface area contributed by atoms with Crippen molar-refractivity contribution in [1.29, 1.82) is 0 Å². The number of alkyl halides is 2. The molecule has 0 radical (unpaired) electrons. The van der Waals surface area contributed by atoms with Gasteiger partial charge in [0.1, 0.15) is 35.1 Å². The summed E-state index contributed by atoms with van der Waals surface area (Å²) in [4.78, 5) is 67.5. The van der Waals surface area contributed by atoms with Crippen LogP contribution < -0.4 is 21.3 Å². The van der Waals surface area contributed by atoms with Crippen LogP contribution in [0.15, 0.2) is 48.5 Å². The Bertz CT molecular complexity index is 1990. The molecule has 312 valence electrons. The number of amides is 4. The highest BCUT2D eigenvalue weighted by molar-refractivity contribution is 9.08. The van der Waals surface area contributed by atoms with E-state index in [1.807, 2.05) is 115 Å². The maximum atomic E-state index is 14.4. The quantitative estimate of drug-likeness (QED) is 0.122. The first-order valence-electron chi connectivity index (χ1n) is 20.1. The van der Waals surface area contributed by atoms with Crippen LogP contribution in [0, 0.1) is 37.5 Å². The first kappa shape index (κ1) is 44.8. The summed E-state index contributed by atoms with van der Waals surface area (Å²) >= 11 is 7.11. The van der Waals surface area contributed by atoms with E-state index in [1.54, 1.807) is 0 Å². The van der Waals surface area contributed by atoms with Gasteiger partial charge >= 0.3 is 0 Å². The molecule has 4 N–H and O–H groups in total. The van der Waals surface area contributed by atoms with Gasteiger partial charge in [0.15, 0.2) is 0 Å². The summed E-state index contributed by atoms with van der Waals surface area (Å²) in [5.41, 5.74) is 5.71. The molecule has 4 atom stereocenters. The van der Waals surface area contributed by atoms with Gasteiger partial charge in [0.25, 0.3) is 11.8 Å². The molecule has 58 heavy (non-hydrogen) atoms. The highest BCUT2D eigenvalue weighted by Crippen LogP contribution is 2.29. The maximum Gasteiger partial charge on any atom is 0.272 e. The topological polar surface area (TPSA) is 152 Å². The van der Waals surface area contributed by atoms with Gasteiger partial charge in [-0.25, -0.2) is 9.97 Å². The number of aromatic nitrogens is 4. The molecule has 2 aromatic carbocycles. The number of benzene rings is 2. The fraction of sp³-hybridized carbons (Fsp3) is 0.500. The van der Waals surface area contributed by atoms with E-state index < -0.39 is 36.0 Å². The van der Waals surface area contributed by atoms with Crippen molar-refractivity contribution in [3.8, 4) is 0 Å². The third-order valence-corrected chi connectivity index (χ3v) is 12.2. The van der Waals surface area contributed by atoms with E-state index in [0.29, 0.717) is 46.8 Å². The van der Waals surface area contributed by atoms with Gasteiger partial charge in [-0.1, -0.05) is 136 Å². The third kappa shape index (κ3) is 9.93. The lowest BCUT2D eigenvalue weighted by atomic mass is 9.99. The van der Waals surface area contributed by atoms with Crippen molar-refractivity contribution < 1.29 is 19.2 Å². The lowest BCUT2D eigenvalue weighted by Crippen LogP contribution is -2.52. The van der Waals surface area contributed by atoms with E-state index in [-0.39, 0.29) is 46.9 Å². The van der Waals surface area contributed by atoms with Crippen LogP contribution in [0.3, 0.4) is 0 Å². The Morgan fingerprint density at radius 1 is 0.534 bits per heavy atom. The number of halogens is 2. The van der Waals surface area contributed by atoms with Gasteiger partial charge in [-0.2, -0.15) is 0 Å². The standard InChI is InChI=1S/C44H58Br2N8O4/c1-23(2)33-39-47-37(27(9)53(39)21-31-15-11-13-29(17-31)19-45)43(57)52-36(26(7)8)42(56)50-34(24(3)4)40-48-38(44(58)51-35(25(5)6)41(55)49-33)28(10)54(40)22-32-16-12-14-30(18-32)20-46/h11-18,23-26,33-36H,19-22H2,1-10H3,(H,49,55)(H,50,56)(H,51,58)(H,52,57)/t33-,34-,35-,36-/m0/s1. The van der Waals surface area contributed by atoms with Gasteiger partial charge in [-0.3, -0.25) is 19.2 Å². The molecule has 0 unspecified atom stereocenters. The normalized spacial score (nSPS) is 19.6. The minimum absolute atomic E-state index is 0.158. The predicted octanol–water partition coefficient (Wildman–Crippen LogP) is 7.43. The van der Waals surface area contributed by atoms with Crippen LogP contribution >= 0.6 is 31.9 Å². The largest absolute Gasteiger partial charge is 0.344 e. The SMILES string of the molecule is Cc1c2nc(n1Cc1cccc(CBr)c1)[C@H](C(C)C)NC(=O)[C@H](C(C)C)NC(=O)c1nc(n(Cc3cccc(CBr)c3)c1C)[C@H](C(C)C)NC(=O)[C@H](C(C)C)NC2=O.